The summed E-state index contributed by atoms with van der Waals surface area (Å²) < 4.78 is 0. The molecule has 0 aromatic heterocycles. The summed E-state index contributed by atoms with van der Waals surface area (Å²) in [6, 6.07) is -0.442. The van der Waals surface area contributed by atoms with Crippen molar-refractivity contribution in [1.29, 1.82) is 0 Å². The van der Waals surface area contributed by atoms with Gasteiger partial charge in [-0.1, -0.05) is 19.8 Å². The number of urea groups is 1. The van der Waals surface area contributed by atoms with E-state index in [1.165, 1.54) is 0 Å². The van der Waals surface area contributed by atoms with Crippen molar-refractivity contribution in [3.63, 3.8) is 0 Å². The molecule has 0 spiro atoms. The first kappa shape index (κ1) is 15.9. The Morgan fingerprint density at radius 3 is 2.63 bits per heavy atom. The molecule has 19 heavy (non-hydrogen) atoms. The Morgan fingerprint density at radius 1 is 1.32 bits per heavy atom. The highest BCUT2D eigenvalue weighted by Crippen LogP contribution is 2.21. The van der Waals surface area contributed by atoms with E-state index in [2.05, 4.69) is 10.6 Å². The molecule has 2 unspecified atom stereocenters. The molecule has 0 aliphatic heterocycles. The lowest BCUT2D eigenvalue weighted by Gasteiger charge is -2.34. The van der Waals surface area contributed by atoms with Crippen LogP contribution in [0.3, 0.4) is 0 Å². The van der Waals surface area contributed by atoms with Gasteiger partial charge < -0.3 is 10.4 Å². The summed E-state index contributed by atoms with van der Waals surface area (Å²) in [5.74, 6) is -0.339. The highest BCUT2D eigenvalue weighted by Gasteiger charge is 2.27. The van der Waals surface area contributed by atoms with Gasteiger partial charge in [-0.15, -0.1) is 0 Å². The predicted octanol–water partition coefficient (Wildman–Crippen LogP) is 0.458. The van der Waals surface area contributed by atoms with E-state index in [-0.39, 0.29) is 24.6 Å². The average molecular weight is 271 g/mol. The molecule has 1 fully saturated rings. The minimum atomic E-state index is -0.454. The van der Waals surface area contributed by atoms with Gasteiger partial charge in [-0.3, -0.25) is 15.0 Å². The first-order valence-corrected chi connectivity index (χ1v) is 7.00. The molecule has 0 aromatic rings. The third kappa shape index (κ3) is 5.57. The Kier molecular flexibility index (Phi) is 6.80. The van der Waals surface area contributed by atoms with Gasteiger partial charge in [-0.05, 0) is 26.3 Å². The smallest absolute Gasteiger partial charge is 0.321 e. The molecule has 1 aliphatic carbocycles. The molecular formula is C13H25N3O3. The molecular weight excluding hydrogens is 246 g/mol. The van der Waals surface area contributed by atoms with Crippen molar-refractivity contribution in [2.24, 2.45) is 0 Å². The van der Waals surface area contributed by atoms with Crippen LogP contribution in [0.15, 0.2) is 0 Å². The number of imide groups is 1. The fourth-order valence-corrected chi connectivity index (χ4v) is 2.40. The second-order valence-corrected chi connectivity index (χ2v) is 5.14. The summed E-state index contributed by atoms with van der Waals surface area (Å²) in [6.45, 7) is 2.62. The molecule has 3 N–H and O–H groups in total. The van der Waals surface area contributed by atoms with Gasteiger partial charge in [0.05, 0.1) is 12.6 Å². The molecule has 0 bridgehead atoms. The molecule has 1 rings (SSSR count). The third-order valence-electron chi connectivity index (χ3n) is 3.44. The summed E-state index contributed by atoms with van der Waals surface area (Å²) in [5.41, 5.74) is 0. The van der Waals surface area contributed by atoms with Gasteiger partial charge in [0, 0.05) is 12.6 Å². The second-order valence-electron chi connectivity index (χ2n) is 5.14. The van der Waals surface area contributed by atoms with Crippen LogP contribution >= 0.6 is 0 Å². The monoisotopic (exact) mass is 271 g/mol. The molecule has 0 saturated heterocycles. The van der Waals surface area contributed by atoms with Crippen molar-refractivity contribution < 1.29 is 14.7 Å². The zero-order valence-corrected chi connectivity index (χ0v) is 11.8. The summed E-state index contributed by atoms with van der Waals surface area (Å²) in [6.07, 6.45) is 4.25. The van der Waals surface area contributed by atoms with E-state index in [4.69, 9.17) is 0 Å². The summed E-state index contributed by atoms with van der Waals surface area (Å²) in [4.78, 5) is 24.8. The Labute approximate surface area is 114 Å². The lowest BCUT2D eigenvalue weighted by molar-refractivity contribution is -0.122. The van der Waals surface area contributed by atoms with Crippen LogP contribution in [0.5, 0.6) is 0 Å². The van der Waals surface area contributed by atoms with E-state index in [0.29, 0.717) is 6.54 Å². The normalized spacial score (nSPS) is 23.2. The fraction of sp³-hybridized carbons (Fsp3) is 0.846. The van der Waals surface area contributed by atoms with Crippen molar-refractivity contribution >= 4 is 11.9 Å². The standard InChI is InChI=1S/C13H25N3O3/c1-3-8-14-13(19)15-12(18)9-16(2)10-6-4-5-7-11(10)17/h10-11,17H,3-9H2,1-2H3,(H2,14,15,18,19). The van der Waals surface area contributed by atoms with Gasteiger partial charge in [0.15, 0.2) is 0 Å². The number of carbonyl (C=O) groups is 2. The molecule has 110 valence electrons. The van der Waals surface area contributed by atoms with Gasteiger partial charge in [0.2, 0.25) is 5.91 Å². The van der Waals surface area contributed by atoms with Crippen molar-refractivity contribution in [3.8, 4) is 0 Å². The zero-order chi connectivity index (χ0) is 14.3. The maximum absolute atomic E-state index is 11.7. The van der Waals surface area contributed by atoms with Crippen LogP contribution in [0.2, 0.25) is 0 Å². The second kappa shape index (κ2) is 8.12. The van der Waals surface area contributed by atoms with E-state index in [9.17, 15) is 14.7 Å². The minimum absolute atomic E-state index is 0.0122. The lowest BCUT2D eigenvalue weighted by Crippen LogP contribution is -2.49. The van der Waals surface area contributed by atoms with Crippen molar-refractivity contribution in [3.05, 3.63) is 0 Å². The summed E-state index contributed by atoms with van der Waals surface area (Å²) >= 11 is 0. The third-order valence-corrected chi connectivity index (χ3v) is 3.44. The van der Waals surface area contributed by atoms with E-state index in [1.807, 2.05) is 18.9 Å². The zero-order valence-electron chi connectivity index (χ0n) is 11.8. The quantitative estimate of drug-likeness (QED) is 0.678. The lowest BCUT2D eigenvalue weighted by atomic mass is 9.91. The molecule has 0 aromatic carbocycles. The van der Waals surface area contributed by atoms with Crippen molar-refractivity contribution in [2.45, 2.75) is 51.2 Å². The topological polar surface area (TPSA) is 81.7 Å². The number of likely N-dealkylation sites (N-methyl/N-ethyl adjacent to an activating group) is 1. The van der Waals surface area contributed by atoms with Crippen LogP contribution in [0.4, 0.5) is 4.79 Å². The molecule has 1 aliphatic rings. The average Bonchev–Trinajstić information content (AvgIpc) is 2.36. The molecule has 6 nitrogen and oxygen atoms in total. The van der Waals surface area contributed by atoms with Crippen molar-refractivity contribution in [2.75, 3.05) is 20.1 Å². The van der Waals surface area contributed by atoms with Gasteiger partial charge >= 0.3 is 6.03 Å². The highest BCUT2D eigenvalue weighted by atomic mass is 16.3. The minimum Gasteiger partial charge on any atom is -0.391 e. The number of nitrogens with zero attached hydrogens (tertiary/aromatic N) is 1. The Balaban J connectivity index is 2.32. The Hall–Kier alpha value is -1.14. The summed E-state index contributed by atoms with van der Waals surface area (Å²) in [5, 5.41) is 14.8. The maximum Gasteiger partial charge on any atom is 0.321 e. The van der Waals surface area contributed by atoms with Crippen LogP contribution in [-0.4, -0.2) is 54.2 Å². The Bertz CT molecular complexity index is 310. The van der Waals surface area contributed by atoms with Crippen LogP contribution in [0.1, 0.15) is 39.0 Å². The molecule has 1 saturated carbocycles. The van der Waals surface area contributed by atoms with E-state index < -0.39 is 6.03 Å². The van der Waals surface area contributed by atoms with Crippen molar-refractivity contribution in [1.82, 2.24) is 15.5 Å². The maximum atomic E-state index is 11.7. The fourth-order valence-electron chi connectivity index (χ4n) is 2.40. The summed E-state index contributed by atoms with van der Waals surface area (Å²) in [7, 11) is 1.81. The molecule has 0 radical (unpaired) electrons. The number of carbonyl (C=O) groups excluding carboxylic acids is 2. The number of aliphatic hydroxyl groups is 1. The first-order valence-electron chi connectivity index (χ1n) is 7.00. The number of hydrogen-bond donors (Lipinski definition) is 3. The van der Waals surface area contributed by atoms with E-state index >= 15 is 0 Å². The van der Waals surface area contributed by atoms with E-state index in [0.717, 1.165) is 32.1 Å². The predicted molar refractivity (Wildman–Crippen MR) is 72.7 cm³/mol. The van der Waals surface area contributed by atoms with Gasteiger partial charge in [0.1, 0.15) is 0 Å². The Morgan fingerprint density at radius 2 is 2.00 bits per heavy atom. The molecule has 6 heteroatoms. The van der Waals surface area contributed by atoms with Gasteiger partial charge in [-0.25, -0.2) is 4.79 Å². The number of rotatable bonds is 5. The van der Waals surface area contributed by atoms with Crippen LogP contribution in [-0.2, 0) is 4.79 Å². The largest absolute Gasteiger partial charge is 0.391 e. The highest BCUT2D eigenvalue weighted by molar-refractivity contribution is 5.95. The molecule has 0 heterocycles. The van der Waals surface area contributed by atoms with Crippen LogP contribution in [0, 0.1) is 0 Å². The van der Waals surface area contributed by atoms with Crippen LogP contribution < -0.4 is 10.6 Å². The number of aliphatic hydroxyl groups excluding tert-OH is 1. The number of hydrogen-bond acceptors (Lipinski definition) is 4. The van der Waals surface area contributed by atoms with E-state index in [1.54, 1.807) is 0 Å². The van der Waals surface area contributed by atoms with Gasteiger partial charge in [0.25, 0.3) is 0 Å². The number of nitrogens with one attached hydrogen (secondary N) is 2. The SMILES string of the molecule is CCCNC(=O)NC(=O)CN(C)C1CCCCC1O. The number of amides is 3. The first-order chi connectivity index (χ1) is 9.04. The molecule has 2 atom stereocenters. The van der Waals surface area contributed by atoms with Gasteiger partial charge in [-0.2, -0.15) is 0 Å². The molecule has 3 amide bonds. The van der Waals surface area contributed by atoms with Crippen LogP contribution in [0.25, 0.3) is 0 Å².